The zero-order valence-corrected chi connectivity index (χ0v) is 16.8. The van der Waals surface area contributed by atoms with Crippen molar-refractivity contribution in [2.45, 2.75) is 44.1 Å². The van der Waals surface area contributed by atoms with E-state index in [1.165, 1.54) is 0 Å². The Kier molecular flexibility index (Phi) is 5.35. The number of rotatable bonds is 5. The van der Waals surface area contributed by atoms with E-state index in [4.69, 9.17) is 13.9 Å². The lowest BCUT2D eigenvalue weighted by atomic mass is 10.1. The first-order chi connectivity index (χ1) is 15.0. The average molecular weight is 436 g/mol. The molecule has 4 heterocycles. The van der Waals surface area contributed by atoms with Gasteiger partial charge in [-0.2, -0.15) is 13.2 Å². The van der Waals surface area contributed by atoms with Crippen LogP contribution in [-0.2, 0) is 17.5 Å². The number of likely N-dealkylation sites (tertiary alicyclic amines) is 1. The Morgan fingerprint density at radius 1 is 1.10 bits per heavy atom. The van der Waals surface area contributed by atoms with Gasteiger partial charge >= 0.3 is 12.1 Å². The predicted molar refractivity (Wildman–Crippen MR) is 105 cm³/mol. The van der Waals surface area contributed by atoms with Gasteiger partial charge in [0.15, 0.2) is 0 Å². The van der Waals surface area contributed by atoms with Crippen molar-refractivity contribution in [2.24, 2.45) is 0 Å². The molecule has 2 fully saturated rings. The molecule has 10 heteroatoms. The van der Waals surface area contributed by atoms with Crippen LogP contribution in [0.5, 0.6) is 5.75 Å². The third-order valence-electron chi connectivity index (χ3n) is 5.92. The molecule has 0 saturated carbocycles. The lowest BCUT2D eigenvalue weighted by Gasteiger charge is -2.31. The van der Waals surface area contributed by atoms with Gasteiger partial charge in [-0.15, -0.1) is 10.2 Å². The molecule has 2 aliphatic heterocycles. The molecule has 1 unspecified atom stereocenters. The lowest BCUT2D eigenvalue weighted by molar-refractivity contribution is -0.157. The Morgan fingerprint density at radius 3 is 2.65 bits per heavy atom. The van der Waals surface area contributed by atoms with Gasteiger partial charge < -0.3 is 18.5 Å². The summed E-state index contributed by atoms with van der Waals surface area (Å²) < 4.78 is 56.7. The van der Waals surface area contributed by atoms with Crippen LogP contribution in [0.25, 0.3) is 10.9 Å². The molecule has 5 rings (SSSR count). The van der Waals surface area contributed by atoms with Gasteiger partial charge in [0, 0.05) is 31.3 Å². The lowest BCUT2D eigenvalue weighted by Crippen LogP contribution is -2.37. The van der Waals surface area contributed by atoms with Gasteiger partial charge in [0.1, 0.15) is 11.9 Å². The van der Waals surface area contributed by atoms with Crippen molar-refractivity contribution in [3.05, 3.63) is 42.2 Å². The predicted octanol–water partition coefficient (Wildman–Crippen LogP) is 4.05. The van der Waals surface area contributed by atoms with Crippen LogP contribution in [0.2, 0.25) is 0 Å². The standard InChI is InChI=1S/C21H23F3N4O3/c22-21(23,24)20-26-25-19(31-20)12-27-8-4-15(5-9-27)30-18-3-1-2-17-16(18)6-10-28(17)14-7-11-29-13-14/h1-3,6,10,14-15H,4-5,7-9,11-13H2. The minimum absolute atomic E-state index is 0.0197. The second-order valence-electron chi connectivity index (χ2n) is 8.02. The zero-order valence-electron chi connectivity index (χ0n) is 16.8. The number of nitrogens with zero attached hydrogens (tertiary/aromatic N) is 4. The summed E-state index contributed by atoms with van der Waals surface area (Å²) >= 11 is 0. The van der Waals surface area contributed by atoms with Crippen LogP contribution < -0.4 is 4.74 Å². The first-order valence-electron chi connectivity index (χ1n) is 10.4. The van der Waals surface area contributed by atoms with Crippen LogP contribution in [-0.4, -0.2) is 52.1 Å². The molecule has 2 aromatic heterocycles. The largest absolute Gasteiger partial charge is 0.490 e. The van der Waals surface area contributed by atoms with E-state index < -0.39 is 12.1 Å². The molecule has 0 aliphatic carbocycles. The minimum Gasteiger partial charge on any atom is -0.490 e. The third kappa shape index (κ3) is 4.27. The van der Waals surface area contributed by atoms with Crippen molar-refractivity contribution in [3.8, 4) is 5.75 Å². The second-order valence-corrected chi connectivity index (χ2v) is 8.02. The molecular weight excluding hydrogens is 413 g/mol. The Balaban J connectivity index is 1.20. The highest BCUT2D eigenvalue weighted by molar-refractivity contribution is 5.86. The molecule has 0 bridgehead atoms. The van der Waals surface area contributed by atoms with Crippen molar-refractivity contribution in [1.29, 1.82) is 0 Å². The summed E-state index contributed by atoms with van der Waals surface area (Å²) in [7, 11) is 0. The van der Waals surface area contributed by atoms with Crippen LogP contribution >= 0.6 is 0 Å². The number of hydrogen-bond acceptors (Lipinski definition) is 6. The van der Waals surface area contributed by atoms with E-state index in [0.29, 0.717) is 19.1 Å². The van der Waals surface area contributed by atoms with Gasteiger partial charge in [0.2, 0.25) is 5.89 Å². The number of piperidine rings is 1. The van der Waals surface area contributed by atoms with Gasteiger partial charge in [0.25, 0.3) is 0 Å². The van der Waals surface area contributed by atoms with E-state index in [-0.39, 0.29) is 18.5 Å². The van der Waals surface area contributed by atoms with Crippen molar-refractivity contribution >= 4 is 10.9 Å². The number of ether oxygens (including phenoxy) is 2. The molecule has 0 spiro atoms. The Bertz CT molecular complexity index is 1030. The van der Waals surface area contributed by atoms with Crippen LogP contribution in [0, 0.1) is 0 Å². The molecule has 0 radical (unpaired) electrons. The van der Waals surface area contributed by atoms with E-state index in [0.717, 1.165) is 49.1 Å². The second kappa shape index (κ2) is 8.16. The molecule has 0 N–H and O–H groups in total. The molecule has 2 saturated heterocycles. The minimum atomic E-state index is -4.61. The van der Waals surface area contributed by atoms with Gasteiger partial charge in [-0.3, -0.25) is 4.90 Å². The van der Waals surface area contributed by atoms with Crippen molar-refractivity contribution in [1.82, 2.24) is 19.7 Å². The third-order valence-corrected chi connectivity index (χ3v) is 5.92. The van der Waals surface area contributed by atoms with Crippen molar-refractivity contribution in [2.75, 3.05) is 26.3 Å². The molecule has 2 aliphatic rings. The van der Waals surface area contributed by atoms with E-state index in [1.54, 1.807) is 0 Å². The summed E-state index contributed by atoms with van der Waals surface area (Å²) in [5, 5.41) is 7.68. The van der Waals surface area contributed by atoms with Crippen molar-refractivity contribution < 1.29 is 27.1 Å². The number of benzene rings is 1. The zero-order chi connectivity index (χ0) is 21.4. The van der Waals surface area contributed by atoms with Crippen LogP contribution in [0.4, 0.5) is 13.2 Å². The van der Waals surface area contributed by atoms with Crippen LogP contribution in [0.3, 0.4) is 0 Å². The number of alkyl halides is 3. The maximum absolute atomic E-state index is 12.6. The Labute approximate surface area is 176 Å². The monoisotopic (exact) mass is 436 g/mol. The summed E-state index contributed by atoms with van der Waals surface area (Å²) in [6.45, 7) is 3.10. The topological polar surface area (TPSA) is 65.5 Å². The van der Waals surface area contributed by atoms with E-state index in [9.17, 15) is 13.2 Å². The number of hydrogen-bond donors (Lipinski definition) is 0. The van der Waals surface area contributed by atoms with Crippen LogP contribution in [0.15, 0.2) is 34.9 Å². The van der Waals surface area contributed by atoms with E-state index in [1.807, 2.05) is 17.0 Å². The van der Waals surface area contributed by atoms with E-state index in [2.05, 4.69) is 33.1 Å². The summed E-state index contributed by atoms with van der Waals surface area (Å²) in [4.78, 5) is 2.00. The highest BCUT2D eigenvalue weighted by atomic mass is 19.4. The van der Waals surface area contributed by atoms with Crippen molar-refractivity contribution in [3.63, 3.8) is 0 Å². The smallest absolute Gasteiger partial charge is 0.470 e. The highest BCUT2D eigenvalue weighted by Crippen LogP contribution is 2.33. The van der Waals surface area contributed by atoms with E-state index >= 15 is 0 Å². The van der Waals surface area contributed by atoms with Gasteiger partial charge in [-0.25, -0.2) is 0 Å². The number of fused-ring (bicyclic) bond motifs is 1. The highest BCUT2D eigenvalue weighted by Gasteiger charge is 2.38. The number of halogens is 3. The summed E-state index contributed by atoms with van der Waals surface area (Å²) in [6.07, 6.45) is 0.0866. The molecule has 1 atom stereocenters. The molecule has 0 amide bonds. The average Bonchev–Trinajstić information content (AvgIpc) is 3.49. The molecule has 7 nitrogen and oxygen atoms in total. The SMILES string of the molecule is FC(F)(F)c1nnc(CN2CCC(Oc3cccc4c3ccn4C3CCOC3)CC2)o1. The fourth-order valence-corrected chi connectivity index (χ4v) is 4.31. The number of aromatic nitrogens is 3. The molecule has 31 heavy (non-hydrogen) atoms. The molecule has 1 aromatic carbocycles. The first kappa shape index (κ1) is 20.3. The van der Waals surface area contributed by atoms with Gasteiger partial charge in [0.05, 0.1) is 24.7 Å². The molecule has 3 aromatic rings. The fraction of sp³-hybridized carbons (Fsp3) is 0.524. The quantitative estimate of drug-likeness (QED) is 0.601. The first-order valence-corrected chi connectivity index (χ1v) is 10.4. The fourth-order valence-electron chi connectivity index (χ4n) is 4.31. The summed E-state index contributed by atoms with van der Waals surface area (Å²) in [6, 6.07) is 8.54. The summed E-state index contributed by atoms with van der Waals surface area (Å²) in [5.41, 5.74) is 1.14. The maximum Gasteiger partial charge on any atom is 0.470 e. The maximum atomic E-state index is 12.6. The normalized spacial score (nSPS) is 21.2. The van der Waals surface area contributed by atoms with Gasteiger partial charge in [-0.1, -0.05) is 6.07 Å². The Morgan fingerprint density at radius 2 is 1.94 bits per heavy atom. The Hall–Kier alpha value is -2.59. The summed E-state index contributed by atoms with van der Waals surface area (Å²) in [5.74, 6) is -0.459. The van der Waals surface area contributed by atoms with Gasteiger partial charge in [-0.05, 0) is 37.5 Å². The van der Waals surface area contributed by atoms with Crippen LogP contribution in [0.1, 0.15) is 37.1 Å². The molecular formula is C21H23F3N4O3. The molecule has 166 valence electrons.